The van der Waals surface area contributed by atoms with E-state index in [2.05, 4.69) is 70.8 Å². The van der Waals surface area contributed by atoms with E-state index in [1.165, 1.54) is 27.9 Å². The number of carbonyl (C=O) groups excluding carboxylic acids is 1. The van der Waals surface area contributed by atoms with Gasteiger partial charge in [-0.05, 0) is 80.2 Å². The first-order valence-electron chi connectivity index (χ1n) is 11.1. The van der Waals surface area contributed by atoms with Crippen molar-refractivity contribution in [1.29, 1.82) is 0 Å². The van der Waals surface area contributed by atoms with Crippen LogP contribution in [0, 0.1) is 6.92 Å². The summed E-state index contributed by atoms with van der Waals surface area (Å²) in [4.78, 5) is 17.0. The van der Waals surface area contributed by atoms with Gasteiger partial charge >= 0.3 is 0 Å². The molecule has 2 aliphatic heterocycles. The van der Waals surface area contributed by atoms with E-state index in [-0.39, 0.29) is 5.91 Å². The minimum absolute atomic E-state index is 0.129. The lowest BCUT2D eigenvalue weighted by Gasteiger charge is -2.36. The average molecular weight is 407 g/mol. The summed E-state index contributed by atoms with van der Waals surface area (Å²) in [7, 11) is 4.17. The number of likely N-dealkylation sites (N-methyl/N-ethyl adjacent to an activating group) is 2. The van der Waals surface area contributed by atoms with Gasteiger partial charge in [-0.2, -0.15) is 0 Å². The zero-order chi connectivity index (χ0) is 21.1. The number of carbonyl (C=O) groups is 1. The lowest BCUT2D eigenvalue weighted by molar-refractivity contribution is -0.115. The Balaban J connectivity index is 1.55. The van der Waals surface area contributed by atoms with Crippen molar-refractivity contribution in [1.82, 2.24) is 10.2 Å². The third-order valence-electron chi connectivity index (χ3n) is 6.51. The molecule has 1 amide bonds. The lowest BCUT2D eigenvalue weighted by atomic mass is 9.82. The number of hydrogen-bond acceptors (Lipinski definition) is 4. The van der Waals surface area contributed by atoms with Crippen LogP contribution in [0.5, 0.6) is 0 Å². The van der Waals surface area contributed by atoms with E-state index >= 15 is 0 Å². The maximum absolute atomic E-state index is 12.1. The second-order valence-electron chi connectivity index (χ2n) is 8.83. The van der Waals surface area contributed by atoms with E-state index in [4.69, 9.17) is 0 Å². The monoisotopic (exact) mass is 406 g/mol. The molecule has 0 spiro atoms. The summed E-state index contributed by atoms with van der Waals surface area (Å²) < 4.78 is 0. The lowest BCUT2D eigenvalue weighted by Crippen LogP contribution is -2.34. The molecule has 0 unspecified atom stereocenters. The number of piperidine rings is 1. The van der Waals surface area contributed by atoms with Crippen LogP contribution in [-0.2, 0) is 17.8 Å². The van der Waals surface area contributed by atoms with Crippen molar-refractivity contribution in [2.75, 3.05) is 50.5 Å². The van der Waals surface area contributed by atoms with E-state index in [9.17, 15) is 4.79 Å². The van der Waals surface area contributed by atoms with E-state index in [0.29, 0.717) is 12.3 Å². The summed E-state index contributed by atoms with van der Waals surface area (Å²) in [6, 6.07) is 13.2. The quantitative estimate of drug-likeness (QED) is 0.739. The molecule has 2 heterocycles. The molecular weight excluding hydrogens is 372 g/mol. The van der Waals surface area contributed by atoms with Crippen LogP contribution in [0.3, 0.4) is 0 Å². The van der Waals surface area contributed by atoms with Gasteiger partial charge < -0.3 is 20.4 Å². The summed E-state index contributed by atoms with van der Waals surface area (Å²) in [5.41, 5.74) is 7.73. The van der Waals surface area contributed by atoms with Gasteiger partial charge in [-0.1, -0.05) is 18.2 Å². The molecule has 2 N–H and O–H groups in total. The molecule has 0 aliphatic carbocycles. The van der Waals surface area contributed by atoms with Crippen LogP contribution in [0.2, 0.25) is 0 Å². The van der Waals surface area contributed by atoms with Gasteiger partial charge in [0.2, 0.25) is 5.91 Å². The van der Waals surface area contributed by atoms with Crippen LogP contribution < -0.4 is 15.5 Å². The van der Waals surface area contributed by atoms with Gasteiger partial charge in [0, 0.05) is 44.1 Å². The van der Waals surface area contributed by atoms with E-state index < -0.39 is 0 Å². The summed E-state index contributed by atoms with van der Waals surface area (Å²) >= 11 is 0. The third-order valence-corrected chi connectivity index (χ3v) is 6.51. The average Bonchev–Trinajstić information content (AvgIpc) is 3.12. The van der Waals surface area contributed by atoms with Crippen LogP contribution in [0.4, 0.5) is 11.4 Å². The topological polar surface area (TPSA) is 47.6 Å². The van der Waals surface area contributed by atoms with Crippen molar-refractivity contribution in [2.24, 2.45) is 0 Å². The normalized spacial score (nSPS) is 16.8. The predicted octanol–water partition coefficient (Wildman–Crippen LogP) is 3.52. The molecule has 0 bridgehead atoms. The van der Waals surface area contributed by atoms with Gasteiger partial charge in [0.1, 0.15) is 0 Å². The van der Waals surface area contributed by atoms with Crippen molar-refractivity contribution in [3.05, 3.63) is 58.7 Å². The molecule has 4 rings (SSSR count). The van der Waals surface area contributed by atoms with Gasteiger partial charge in [-0.3, -0.25) is 4.79 Å². The molecular formula is C25H34N4O. The highest BCUT2D eigenvalue weighted by atomic mass is 16.1. The van der Waals surface area contributed by atoms with Gasteiger partial charge in [-0.25, -0.2) is 0 Å². The van der Waals surface area contributed by atoms with Crippen LogP contribution in [0.1, 0.15) is 41.0 Å². The van der Waals surface area contributed by atoms with Crippen molar-refractivity contribution < 1.29 is 4.79 Å². The molecule has 5 heteroatoms. The highest BCUT2D eigenvalue weighted by molar-refractivity contribution is 5.99. The second-order valence-corrected chi connectivity index (χ2v) is 8.83. The van der Waals surface area contributed by atoms with E-state index in [0.717, 1.165) is 51.3 Å². The van der Waals surface area contributed by atoms with Crippen LogP contribution in [0.15, 0.2) is 36.4 Å². The molecule has 2 aliphatic rings. The second kappa shape index (κ2) is 9.19. The smallest absolute Gasteiger partial charge is 0.228 e. The Labute approximate surface area is 180 Å². The Morgan fingerprint density at radius 1 is 1.20 bits per heavy atom. The number of anilines is 2. The minimum Gasteiger partial charge on any atom is -0.371 e. The van der Waals surface area contributed by atoms with Crippen LogP contribution in [0.25, 0.3) is 0 Å². The first-order chi connectivity index (χ1) is 14.5. The fourth-order valence-corrected chi connectivity index (χ4v) is 4.95. The molecule has 30 heavy (non-hydrogen) atoms. The number of aryl methyl sites for hydroxylation is 1. The summed E-state index contributed by atoms with van der Waals surface area (Å²) in [6.45, 7) is 7.20. The molecule has 160 valence electrons. The summed E-state index contributed by atoms with van der Waals surface area (Å²) in [6.07, 6.45) is 2.79. The third kappa shape index (κ3) is 4.52. The first-order valence-corrected chi connectivity index (χ1v) is 11.1. The van der Waals surface area contributed by atoms with Crippen molar-refractivity contribution >= 4 is 17.3 Å². The number of fused-ring (bicyclic) bond motifs is 1. The molecule has 1 fully saturated rings. The zero-order valence-corrected chi connectivity index (χ0v) is 18.5. The maximum Gasteiger partial charge on any atom is 0.228 e. The maximum atomic E-state index is 12.1. The number of rotatable bonds is 7. The number of nitrogens with zero attached hydrogens (tertiary/aromatic N) is 2. The number of nitrogens with one attached hydrogen (secondary N) is 2. The molecule has 2 aromatic carbocycles. The van der Waals surface area contributed by atoms with Gasteiger partial charge in [0.15, 0.2) is 0 Å². The summed E-state index contributed by atoms with van der Waals surface area (Å²) in [5.74, 6) is 0.644. The number of benzene rings is 2. The summed E-state index contributed by atoms with van der Waals surface area (Å²) in [5, 5.41) is 6.29. The van der Waals surface area contributed by atoms with Gasteiger partial charge in [0.25, 0.3) is 0 Å². The van der Waals surface area contributed by atoms with Gasteiger partial charge in [0.05, 0.1) is 6.42 Å². The van der Waals surface area contributed by atoms with Gasteiger partial charge in [-0.15, -0.1) is 0 Å². The number of amides is 1. The van der Waals surface area contributed by atoms with E-state index in [1.54, 1.807) is 0 Å². The molecule has 0 atom stereocenters. The van der Waals surface area contributed by atoms with Crippen molar-refractivity contribution in [2.45, 2.75) is 38.6 Å². The van der Waals surface area contributed by atoms with Crippen molar-refractivity contribution in [3.63, 3.8) is 0 Å². The molecule has 0 aromatic heterocycles. The molecule has 2 aromatic rings. The predicted molar refractivity (Wildman–Crippen MR) is 124 cm³/mol. The fourth-order valence-electron chi connectivity index (χ4n) is 4.95. The Morgan fingerprint density at radius 3 is 2.73 bits per heavy atom. The standard InChI is InChI=1S/C25H34N4O/c1-18-5-4-6-21(15-18)29-12-9-19(10-13-29)25-20(17-28(3)14-11-26-2)7-8-23-22(25)16-24(30)27-23/h4-8,15,19,26H,9-14,16-17H2,1-3H3,(H,27,30). The van der Waals surface area contributed by atoms with Crippen molar-refractivity contribution in [3.8, 4) is 0 Å². The molecule has 0 saturated carbocycles. The molecule has 1 saturated heterocycles. The highest BCUT2D eigenvalue weighted by Gasteiger charge is 2.30. The molecule has 5 nitrogen and oxygen atoms in total. The minimum atomic E-state index is 0.129. The zero-order valence-electron chi connectivity index (χ0n) is 18.5. The van der Waals surface area contributed by atoms with E-state index in [1.807, 2.05) is 7.05 Å². The Morgan fingerprint density at radius 2 is 2.00 bits per heavy atom. The van der Waals surface area contributed by atoms with Crippen LogP contribution >= 0.6 is 0 Å². The fraction of sp³-hybridized carbons (Fsp3) is 0.480. The largest absolute Gasteiger partial charge is 0.371 e. The molecule has 0 radical (unpaired) electrons. The first kappa shape index (κ1) is 20.9. The Kier molecular flexibility index (Phi) is 6.40. The number of hydrogen-bond donors (Lipinski definition) is 2. The Hall–Kier alpha value is -2.37. The highest BCUT2D eigenvalue weighted by Crippen LogP contribution is 2.39. The Bertz CT molecular complexity index is 902. The SMILES string of the molecule is CNCCN(C)Cc1ccc2c(c1C1CCN(c3cccc(C)c3)CC1)CC(=O)N2. The van der Waals surface area contributed by atoms with Crippen LogP contribution in [-0.4, -0.2) is 51.1 Å².